The fourth-order valence-corrected chi connectivity index (χ4v) is 2.12. The summed E-state index contributed by atoms with van der Waals surface area (Å²) in [4.78, 5) is 19.0. The third-order valence-corrected chi connectivity index (χ3v) is 3.27. The van der Waals surface area contributed by atoms with Crippen molar-refractivity contribution < 1.29 is 9.66 Å². The van der Waals surface area contributed by atoms with E-state index in [2.05, 4.69) is 31.2 Å². The quantitative estimate of drug-likeness (QED) is 0.667. The summed E-state index contributed by atoms with van der Waals surface area (Å²) < 4.78 is 6.23. The van der Waals surface area contributed by atoms with Crippen LogP contribution in [0.1, 0.15) is 11.4 Å². The van der Waals surface area contributed by atoms with Gasteiger partial charge in [-0.3, -0.25) is 10.1 Å². The fraction of sp³-hybridized carbons (Fsp3) is 0.231. The number of rotatable bonds is 4. The molecule has 0 saturated heterocycles. The van der Waals surface area contributed by atoms with Gasteiger partial charge in [0.1, 0.15) is 11.6 Å². The van der Waals surface area contributed by atoms with E-state index in [1.165, 1.54) is 12.1 Å². The Hall–Kier alpha value is -2.22. The van der Waals surface area contributed by atoms with E-state index in [4.69, 9.17) is 4.74 Å². The molecule has 0 aliphatic carbocycles. The number of ether oxygens (including phenoxy) is 1. The molecule has 0 spiro atoms. The first-order chi connectivity index (χ1) is 9.92. The minimum absolute atomic E-state index is 0.131. The van der Waals surface area contributed by atoms with E-state index < -0.39 is 4.92 Å². The Balaban J connectivity index is 2.48. The van der Waals surface area contributed by atoms with Crippen molar-refractivity contribution in [1.82, 2.24) is 9.97 Å². The lowest BCUT2D eigenvalue weighted by atomic mass is 10.3. The fourth-order valence-electron chi connectivity index (χ4n) is 1.77. The van der Waals surface area contributed by atoms with Gasteiger partial charge in [0.05, 0.1) is 10.5 Å². The average molecular weight is 353 g/mol. The van der Waals surface area contributed by atoms with Crippen molar-refractivity contribution in [3.63, 3.8) is 0 Å². The van der Waals surface area contributed by atoms with Crippen LogP contribution in [0, 0.1) is 24.0 Å². The van der Waals surface area contributed by atoms with E-state index >= 15 is 0 Å². The molecule has 1 aromatic heterocycles. The number of nitrogens with zero attached hydrogens (tertiary/aromatic N) is 3. The van der Waals surface area contributed by atoms with Gasteiger partial charge in [-0.15, -0.1) is 0 Å². The average Bonchev–Trinajstić information content (AvgIpc) is 2.44. The van der Waals surface area contributed by atoms with E-state index in [0.29, 0.717) is 21.7 Å². The maximum atomic E-state index is 11.1. The molecule has 0 aliphatic rings. The topological polar surface area (TPSA) is 90.2 Å². The zero-order valence-electron chi connectivity index (χ0n) is 11.7. The van der Waals surface area contributed by atoms with Crippen molar-refractivity contribution >= 4 is 27.4 Å². The summed E-state index contributed by atoms with van der Waals surface area (Å²) in [6.45, 7) is 3.51. The normalized spacial score (nSPS) is 10.3. The zero-order valence-corrected chi connectivity index (χ0v) is 13.3. The van der Waals surface area contributed by atoms with Crippen LogP contribution >= 0.6 is 15.9 Å². The molecule has 2 aromatic rings. The van der Waals surface area contributed by atoms with Crippen LogP contribution in [0.3, 0.4) is 0 Å². The minimum atomic E-state index is -0.498. The maximum Gasteiger partial charge on any atom is 0.312 e. The third-order valence-electron chi connectivity index (χ3n) is 2.77. The molecule has 0 unspecified atom stereocenters. The molecule has 0 saturated carbocycles. The number of benzene rings is 1. The van der Waals surface area contributed by atoms with E-state index in [0.717, 1.165) is 0 Å². The second kappa shape index (κ2) is 6.04. The standard InChI is InChI=1S/C13H13BrN4O3/c1-7-12(15-3)16-8(2)17-13(7)21-11-5-4-9(14)6-10(11)18(19)20/h4-6H,1-3H3,(H,15,16,17). The molecule has 0 fully saturated rings. The Morgan fingerprint density at radius 3 is 2.67 bits per heavy atom. The lowest BCUT2D eigenvalue weighted by molar-refractivity contribution is -0.385. The number of aryl methyl sites for hydroxylation is 1. The van der Waals surface area contributed by atoms with Crippen LogP contribution in [0.2, 0.25) is 0 Å². The molecule has 110 valence electrons. The molecule has 21 heavy (non-hydrogen) atoms. The highest BCUT2D eigenvalue weighted by Gasteiger charge is 2.19. The van der Waals surface area contributed by atoms with Gasteiger partial charge in [0, 0.05) is 17.6 Å². The van der Waals surface area contributed by atoms with Crippen molar-refractivity contribution in [3.8, 4) is 11.6 Å². The predicted octanol–water partition coefficient (Wildman–Crippen LogP) is 3.60. The first-order valence-electron chi connectivity index (χ1n) is 6.07. The molecular weight excluding hydrogens is 340 g/mol. The highest BCUT2D eigenvalue weighted by Crippen LogP contribution is 2.35. The summed E-state index contributed by atoms with van der Waals surface area (Å²) in [5.74, 6) is 1.56. The monoisotopic (exact) mass is 352 g/mol. The summed E-state index contributed by atoms with van der Waals surface area (Å²) in [7, 11) is 1.74. The Labute approximate surface area is 129 Å². The lowest BCUT2D eigenvalue weighted by Gasteiger charge is -2.11. The number of nitro benzene ring substituents is 1. The van der Waals surface area contributed by atoms with Crippen molar-refractivity contribution in [2.24, 2.45) is 0 Å². The van der Waals surface area contributed by atoms with Crippen molar-refractivity contribution in [1.29, 1.82) is 0 Å². The predicted molar refractivity (Wildman–Crippen MR) is 81.9 cm³/mol. The Kier molecular flexibility index (Phi) is 4.37. The molecule has 0 aliphatic heterocycles. The van der Waals surface area contributed by atoms with E-state index in [-0.39, 0.29) is 17.3 Å². The molecule has 1 N–H and O–H groups in total. The molecule has 0 bridgehead atoms. The first kappa shape index (κ1) is 15.2. The van der Waals surface area contributed by atoms with Gasteiger partial charge < -0.3 is 10.1 Å². The summed E-state index contributed by atoms with van der Waals surface area (Å²) in [6, 6.07) is 4.58. The summed E-state index contributed by atoms with van der Waals surface area (Å²) in [5, 5.41) is 14.0. The summed E-state index contributed by atoms with van der Waals surface area (Å²) in [5.41, 5.74) is 0.548. The van der Waals surface area contributed by atoms with Crippen LogP contribution in [0.5, 0.6) is 11.6 Å². The number of hydrogen-bond acceptors (Lipinski definition) is 6. The number of nitrogens with one attached hydrogen (secondary N) is 1. The van der Waals surface area contributed by atoms with Gasteiger partial charge in [0.25, 0.3) is 0 Å². The van der Waals surface area contributed by atoms with Crippen LogP contribution in [0.4, 0.5) is 11.5 Å². The number of aromatic nitrogens is 2. The largest absolute Gasteiger partial charge is 0.431 e. The Morgan fingerprint density at radius 1 is 1.33 bits per heavy atom. The zero-order chi connectivity index (χ0) is 15.6. The molecule has 0 atom stereocenters. The first-order valence-corrected chi connectivity index (χ1v) is 6.86. The Morgan fingerprint density at radius 2 is 2.05 bits per heavy atom. The molecule has 7 nitrogen and oxygen atoms in total. The van der Waals surface area contributed by atoms with Crippen LogP contribution in [-0.2, 0) is 0 Å². The van der Waals surface area contributed by atoms with Crippen molar-refractivity contribution in [2.45, 2.75) is 13.8 Å². The highest BCUT2D eigenvalue weighted by molar-refractivity contribution is 9.10. The van der Waals surface area contributed by atoms with Crippen LogP contribution in [0.25, 0.3) is 0 Å². The van der Waals surface area contributed by atoms with Crippen LogP contribution in [-0.4, -0.2) is 21.9 Å². The SMILES string of the molecule is CNc1nc(C)nc(Oc2ccc(Br)cc2[N+](=O)[O-])c1C. The maximum absolute atomic E-state index is 11.1. The number of hydrogen-bond donors (Lipinski definition) is 1. The molecule has 0 amide bonds. The number of halogens is 1. The van der Waals surface area contributed by atoms with Gasteiger partial charge >= 0.3 is 5.69 Å². The Bertz CT molecular complexity index is 706. The lowest BCUT2D eigenvalue weighted by Crippen LogP contribution is -2.03. The third kappa shape index (κ3) is 3.27. The van der Waals surface area contributed by atoms with Gasteiger partial charge in [-0.1, -0.05) is 15.9 Å². The van der Waals surface area contributed by atoms with Gasteiger partial charge in [-0.25, -0.2) is 4.98 Å². The smallest absolute Gasteiger partial charge is 0.312 e. The van der Waals surface area contributed by atoms with Gasteiger partial charge in [0.15, 0.2) is 0 Å². The van der Waals surface area contributed by atoms with Crippen LogP contribution in [0.15, 0.2) is 22.7 Å². The van der Waals surface area contributed by atoms with Crippen LogP contribution < -0.4 is 10.1 Å². The summed E-state index contributed by atoms with van der Waals surface area (Å²) >= 11 is 3.20. The minimum Gasteiger partial charge on any atom is -0.431 e. The molecule has 1 aromatic carbocycles. The van der Waals surface area contributed by atoms with Crippen molar-refractivity contribution in [3.05, 3.63) is 44.2 Å². The van der Waals surface area contributed by atoms with E-state index in [9.17, 15) is 10.1 Å². The van der Waals surface area contributed by atoms with Gasteiger partial charge in [-0.05, 0) is 26.0 Å². The molecule has 1 heterocycles. The second-order valence-electron chi connectivity index (χ2n) is 4.27. The molecule has 8 heteroatoms. The summed E-state index contributed by atoms with van der Waals surface area (Å²) in [6.07, 6.45) is 0. The van der Waals surface area contributed by atoms with Gasteiger partial charge in [0.2, 0.25) is 11.6 Å². The second-order valence-corrected chi connectivity index (χ2v) is 5.19. The molecule has 2 rings (SSSR count). The molecule has 0 radical (unpaired) electrons. The highest BCUT2D eigenvalue weighted by atomic mass is 79.9. The van der Waals surface area contributed by atoms with E-state index in [1.807, 2.05) is 0 Å². The van der Waals surface area contributed by atoms with Crippen molar-refractivity contribution in [2.75, 3.05) is 12.4 Å². The number of anilines is 1. The number of nitro groups is 1. The van der Waals surface area contributed by atoms with E-state index in [1.54, 1.807) is 27.0 Å². The molecular formula is C13H13BrN4O3. The van der Waals surface area contributed by atoms with Gasteiger partial charge in [-0.2, -0.15) is 4.98 Å².